The van der Waals surface area contributed by atoms with Crippen molar-refractivity contribution < 1.29 is 4.79 Å². The van der Waals surface area contributed by atoms with E-state index in [1.807, 2.05) is 25.3 Å². The minimum absolute atomic E-state index is 0.355. The normalized spacial score (nSPS) is 17.0. The van der Waals surface area contributed by atoms with Gasteiger partial charge in [0.05, 0.1) is 0 Å². The Hall–Kier alpha value is -1.18. The zero-order valence-electron chi connectivity index (χ0n) is 10.6. The van der Waals surface area contributed by atoms with E-state index in [9.17, 15) is 4.79 Å². The predicted molar refractivity (Wildman–Crippen MR) is 68.9 cm³/mol. The number of pyridine rings is 1. The third-order valence-corrected chi connectivity index (χ3v) is 3.59. The summed E-state index contributed by atoms with van der Waals surface area (Å²) >= 11 is 0. The fraction of sp³-hybridized carbons (Fsp3) is 0.600. The quantitative estimate of drug-likeness (QED) is 0.794. The SMILES string of the molecule is Cc1ccc(CC(=O)CC2CCCCC2)nc1. The molecule has 0 radical (unpaired) electrons. The number of Topliss-reactive ketones (excluding diaryl/α,β-unsaturated/α-hetero) is 1. The maximum atomic E-state index is 11.9. The fourth-order valence-corrected chi connectivity index (χ4v) is 2.59. The van der Waals surface area contributed by atoms with Crippen molar-refractivity contribution in [1.29, 1.82) is 0 Å². The molecule has 1 aliphatic carbocycles. The maximum absolute atomic E-state index is 11.9. The van der Waals surface area contributed by atoms with Crippen LogP contribution in [0, 0.1) is 12.8 Å². The second-order valence-corrected chi connectivity index (χ2v) is 5.25. The number of ketones is 1. The molecular weight excluding hydrogens is 210 g/mol. The summed E-state index contributed by atoms with van der Waals surface area (Å²) in [5.41, 5.74) is 2.06. The lowest BCUT2D eigenvalue weighted by Gasteiger charge is -2.20. The van der Waals surface area contributed by atoms with Gasteiger partial charge in [-0.15, -0.1) is 0 Å². The molecule has 1 aromatic rings. The molecule has 2 heteroatoms. The summed E-state index contributed by atoms with van der Waals surface area (Å²) in [4.78, 5) is 16.2. The highest BCUT2D eigenvalue weighted by atomic mass is 16.1. The predicted octanol–water partition coefficient (Wildman–Crippen LogP) is 3.47. The van der Waals surface area contributed by atoms with Crippen molar-refractivity contribution in [2.45, 2.75) is 51.9 Å². The molecule has 0 atom stereocenters. The molecule has 0 saturated heterocycles. The number of carbonyl (C=O) groups excluding carboxylic acids is 1. The summed E-state index contributed by atoms with van der Waals surface area (Å²) in [6.07, 6.45) is 9.56. The fourth-order valence-electron chi connectivity index (χ4n) is 2.59. The molecule has 0 unspecified atom stereocenters. The molecule has 1 aliphatic rings. The van der Waals surface area contributed by atoms with Gasteiger partial charge < -0.3 is 0 Å². The molecule has 0 aromatic carbocycles. The Balaban J connectivity index is 1.82. The van der Waals surface area contributed by atoms with Crippen LogP contribution < -0.4 is 0 Å². The van der Waals surface area contributed by atoms with E-state index < -0.39 is 0 Å². The average molecular weight is 231 g/mol. The number of hydrogen-bond acceptors (Lipinski definition) is 2. The number of carbonyl (C=O) groups is 1. The molecule has 0 aliphatic heterocycles. The van der Waals surface area contributed by atoms with Crippen molar-refractivity contribution in [3.8, 4) is 0 Å². The molecule has 0 spiro atoms. The summed E-state index contributed by atoms with van der Waals surface area (Å²) in [5.74, 6) is 0.995. The van der Waals surface area contributed by atoms with E-state index in [0.29, 0.717) is 18.1 Å². The minimum Gasteiger partial charge on any atom is -0.299 e. The molecule has 1 aromatic heterocycles. The van der Waals surface area contributed by atoms with Crippen molar-refractivity contribution in [3.63, 3.8) is 0 Å². The third kappa shape index (κ3) is 3.95. The van der Waals surface area contributed by atoms with Gasteiger partial charge in [-0.2, -0.15) is 0 Å². The Bertz CT molecular complexity index is 363. The van der Waals surface area contributed by atoms with Crippen LogP contribution in [-0.4, -0.2) is 10.8 Å². The molecule has 0 N–H and O–H groups in total. The van der Waals surface area contributed by atoms with Crippen LogP contribution >= 0.6 is 0 Å². The second-order valence-electron chi connectivity index (χ2n) is 5.25. The van der Waals surface area contributed by atoms with E-state index in [1.165, 1.54) is 32.1 Å². The van der Waals surface area contributed by atoms with Gasteiger partial charge >= 0.3 is 0 Å². The molecule has 0 amide bonds. The standard InChI is InChI=1S/C15H21NO/c1-12-7-8-14(16-11-12)10-15(17)9-13-5-3-2-4-6-13/h7-8,11,13H,2-6,9-10H2,1H3. The zero-order chi connectivity index (χ0) is 12.1. The smallest absolute Gasteiger partial charge is 0.139 e. The monoisotopic (exact) mass is 231 g/mol. The Morgan fingerprint density at radius 3 is 2.71 bits per heavy atom. The second kappa shape index (κ2) is 5.95. The van der Waals surface area contributed by atoms with Gasteiger partial charge in [-0.05, 0) is 24.5 Å². The van der Waals surface area contributed by atoms with Gasteiger partial charge in [0, 0.05) is 24.7 Å². The highest BCUT2D eigenvalue weighted by Gasteiger charge is 2.17. The maximum Gasteiger partial charge on any atom is 0.139 e. The summed E-state index contributed by atoms with van der Waals surface area (Å²) in [6.45, 7) is 2.01. The first-order chi connectivity index (χ1) is 8.24. The lowest BCUT2D eigenvalue weighted by Crippen LogP contribution is -2.14. The van der Waals surface area contributed by atoms with Crippen LogP contribution in [-0.2, 0) is 11.2 Å². The molecule has 2 nitrogen and oxygen atoms in total. The van der Waals surface area contributed by atoms with Crippen molar-refractivity contribution in [2.24, 2.45) is 5.92 Å². The van der Waals surface area contributed by atoms with Gasteiger partial charge in [-0.25, -0.2) is 0 Å². The summed E-state index contributed by atoms with van der Waals surface area (Å²) in [5, 5.41) is 0. The van der Waals surface area contributed by atoms with Crippen molar-refractivity contribution >= 4 is 5.78 Å². The highest BCUT2D eigenvalue weighted by Crippen LogP contribution is 2.26. The molecule has 1 fully saturated rings. The van der Waals surface area contributed by atoms with Crippen LogP contribution in [0.25, 0.3) is 0 Å². The lowest BCUT2D eigenvalue weighted by molar-refractivity contribution is -0.119. The number of rotatable bonds is 4. The topological polar surface area (TPSA) is 30.0 Å². The Labute approximate surface area is 103 Å². The van der Waals surface area contributed by atoms with E-state index in [4.69, 9.17) is 0 Å². The van der Waals surface area contributed by atoms with E-state index in [-0.39, 0.29) is 0 Å². The van der Waals surface area contributed by atoms with E-state index >= 15 is 0 Å². The molecule has 1 heterocycles. The first kappa shape index (κ1) is 12.3. The van der Waals surface area contributed by atoms with Gasteiger partial charge in [-0.3, -0.25) is 9.78 Å². The number of aromatic nitrogens is 1. The molecular formula is C15H21NO. The van der Waals surface area contributed by atoms with Crippen molar-refractivity contribution in [3.05, 3.63) is 29.6 Å². The summed E-state index contributed by atoms with van der Waals surface area (Å²) in [6, 6.07) is 3.99. The zero-order valence-corrected chi connectivity index (χ0v) is 10.6. The molecule has 0 bridgehead atoms. The van der Waals surface area contributed by atoms with Crippen molar-refractivity contribution in [1.82, 2.24) is 4.98 Å². The number of nitrogens with zero attached hydrogens (tertiary/aromatic N) is 1. The average Bonchev–Trinajstić information content (AvgIpc) is 2.33. The number of aryl methyl sites for hydroxylation is 1. The van der Waals surface area contributed by atoms with Crippen LogP contribution in [0.2, 0.25) is 0 Å². The van der Waals surface area contributed by atoms with E-state index in [1.54, 1.807) is 0 Å². The van der Waals surface area contributed by atoms with Gasteiger partial charge in [-0.1, -0.05) is 38.2 Å². The van der Waals surface area contributed by atoms with Crippen LogP contribution in [0.4, 0.5) is 0 Å². The highest BCUT2D eigenvalue weighted by molar-refractivity contribution is 5.80. The molecule has 92 valence electrons. The van der Waals surface area contributed by atoms with Gasteiger partial charge in [0.1, 0.15) is 5.78 Å². The lowest BCUT2D eigenvalue weighted by atomic mass is 9.85. The molecule has 2 rings (SSSR count). The summed E-state index contributed by atoms with van der Waals surface area (Å²) in [7, 11) is 0. The molecule has 1 saturated carbocycles. The van der Waals surface area contributed by atoms with Crippen LogP contribution in [0.3, 0.4) is 0 Å². The number of hydrogen-bond donors (Lipinski definition) is 0. The third-order valence-electron chi connectivity index (χ3n) is 3.59. The van der Waals surface area contributed by atoms with Gasteiger partial charge in [0.25, 0.3) is 0 Å². The first-order valence-electron chi connectivity index (χ1n) is 6.67. The Kier molecular flexibility index (Phi) is 4.29. The van der Waals surface area contributed by atoms with E-state index in [2.05, 4.69) is 4.98 Å². The Morgan fingerprint density at radius 2 is 2.06 bits per heavy atom. The summed E-state index contributed by atoms with van der Waals surface area (Å²) < 4.78 is 0. The van der Waals surface area contributed by atoms with Crippen LogP contribution in [0.1, 0.15) is 49.8 Å². The molecule has 17 heavy (non-hydrogen) atoms. The first-order valence-corrected chi connectivity index (χ1v) is 6.67. The Morgan fingerprint density at radius 1 is 1.29 bits per heavy atom. The van der Waals surface area contributed by atoms with Crippen molar-refractivity contribution in [2.75, 3.05) is 0 Å². The van der Waals surface area contributed by atoms with Gasteiger partial charge in [0.15, 0.2) is 0 Å². The van der Waals surface area contributed by atoms with Crippen LogP contribution in [0.5, 0.6) is 0 Å². The van der Waals surface area contributed by atoms with Gasteiger partial charge in [0.2, 0.25) is 0 Å². The minimum atomic E-state index is 0.355. The van der Waals surface area contributed by atoms with Crippen LogP contribution in [0.15, 0.2) is 18.3 Å². The van der Waals surface area contributed by atoms with E-state index in [0.717, 1.165) is 17.7 Å². The largest absolute Gasteiger partial charge is 0.299 e.